The van der Waals surface area contributed by atoms with Crippen molar-refractivity contribution in [3.63, 3.8) is 0 Å². The van der Waals surface area contributed by atoms with Crippen LogP contribution >= 0.6 is 0 Å². The summed E-state index contributed by atoms with van der Waals surface area (Å²) < 4.78 is 1.18. The monoisotopic (exact) mass is 365 g/mol. The molecule has 0 radical (unpaired) electrons. The lowest BCUT2D eigenvalue weighted by Crippen LogP contribution is -2.24. The Bertz CT molecular complexity index is 1070. The van der Waals surface area contributed by atoms with Crippen molar-refractivity contribution in [1.29, 1.82) is 0 Å². The van der Waals surface area contributed by atoms with Crippen LogP contribution in [-0.4, -0.2) is 20.3 Å². The van der Waals surface area contributed by atoms with E-state index >= 15 is 0 Å². The van der Waals surface area contributed by atoms with E-state index in [1.54, 1.807) is 12.1 Å². The number of nitro benzene ring substituents is 1. The van der Waals surface area contributed by atoms with Gasteiger partial charge in [0.2, 0.25) is 0 Å². The van der Waals surface area contributed by atoms with Crippen molar-refractivity contribution in [2.75, 3.05) is 0 Å². The first-order valence-corrected chi connectivity index (χ1v) is 8.67. The van der Waals surface area contributed by atoms with E-state index in [0.717, 1.165) is 12.0 Å². The average Bonchev–Trinajstić information content (AvgIpc) is 2.69. The normalized spacial score (nSPS) is 12.1. The zero-order valence-electron chi connectivity index (χ0n) is 15.1. The number of fused-ring (bicyclic) bond motifs is 1. The molecule has 0 N–H and O–H groups in total. The SMILES string of the molecule is CC[C@@H](C)c1ccc(C(=O)Cn2cnc3ccc([N+](=O)[O-])cc3c2=O)cc1. The molecule has 0 saturated carbocycles. The number of ketones is 1. The fraction of sp³-hybridized carbons (Fsp3) is 0.250. The highest BCUT2D eigenvalue weighted by Gasteiger charge is 2.14. The van der Waals surface area contributed by atoms with Crippen molar-refractivity contribution in [2.24, 2.45) is 0 Å². The van der Waals surface area contributed by atoms with Crippen LogP contribution in [0, 0.1) is 10.1 Å². The second-order valence-electron chi connectivity index (χ2n) is 6.49. The Morgan fingerprint density at radius 2 is 1.93 bits per heavy atom. The first-order valence-electron chi connectivity index (χ1n) is 8.67. The molecule has 0 fully saturated rings. The van der Waals surface area contributed by atoms with Gasteiger partial charge in [-0.25, -0.2) is 4.98 Å². The van der Waals surface area contributed by atoms with Gasteiger partial charge in [-0.05, 0) is 24.0 Å². The molecule has 0 bridgehead atoms. The van der Waals surface area contributed by atoms with E-state index in [1.165, 1.54) is 29.1 Å². The van der Waals surface area contributed by atoms with Crippen molar-refractivity contribution in [3.05, 3.63) is 80.4 Å². The van der Waals surface area contributed by atoms with E-state index < -0.39 is 10.5 Å². The molecule has 3 rings (SSSR count). The number of nitro groups is 1. The molecule has 1 atom stereocenters. The Morgan fingerprint density at radius 3 is 2.56 bits per heavy atom. The second kappa shape index (κ2) is 7.49. The van der Waals surface area contributed by atoms with Gasteiger partial charge in [0.1, 0.15) is 0 Å². The van der Waals surface area contributed by atoms with Gasteiger partial charge in [-0.2, -0.15) is 0 Å². The molecular weight excluding hydrogens is 346 g/mol. The minimum absolute atomic E-state index is 0.117. The molecule has 0 amide bonds. The summed E-state index contributed by atoms with van der Waals surface area (Å²) in [5, 5.41) is 11.0. The number of nitrogens with zero attached hydrogens (tertiary/aromatic N) is 3. The van der Waals surface area contributed by atoms with Gasteiger partial charge in [0, 0.05) is 17.7 Å². The predicted octanol–water partition coefficient (Wildman–Crippen LogP) is 3.70. The molecule has 2 aromatic carbocycles. The molecule has 3 aromatic rings. The van der Waals surface area contributed by atoms with Crippen LogP contribution in [0.15, 0.2) is 53.6 Å². The fourth-order valence-electron chi connectivity index (χ4n) is 2.85. The molecule has 7 nitrogen and oxygen atoms in total. The van der Waals surface area contributed by atoms with E-state index in [2.05, 4.69) is 18.8 Å². The van der Waals surface area contributed by atoms with Crippen molar-refractivity contribution in [1.82, 2.24) is 9.55 Å². The average molecular weight is 365 g/mol. The highest BCUT2D eigenvalue weighted by molar-refractivity contribution is 5.96. The Morgan fingerprint density at radius 1 is 1.22 bits per heavy atom. The van der Waals surface area contributed by atoms with Crippen molar-refractivity contribution >= 4 is 22.4 Å². The molecule has 1 aromatic heterocycles. The van der Waals surface area contributed by atoms with Gasteiger partial charge >= 0.3 is 0 Å². The lowest BCUT2D eigenvalue weighted by atomic mass is 9.97. The first kappa shape index (κ1) is 18.4. The first-order chi connectivity index (χ1) is 12.9. The van der Waals surface area contributed by atoms with Crippen LogP contribution in [0.5, 0.6) is 0 Å². The Balaban J connectivity index is 1.89. The maximum absolute atomic E-state index is 12.6. The summed E-state index contributed by atoms with van der Waals surface area (Å²) in [7, 11) is 0. The highest BCUT2D eigenvalue weighted by atomic mass is 16.6. The third-order valence-corrected chi connectivity index (χ3v) is 4.75. The molecule has 138 valence electrons. The van der Waals surface area contributed by atoms with Crippen LogP contribution in [0.25, 0.3) is 10.9 Å². The minimum atomic E-state index is -0.569. The highest BCUT2D eigenvalue weighted by Crippen LogP contribution is 2.19. The van der Waals surface area contributed by atoms with E-state index in [9.17, 15) is 19.7 Å². The molecule has 0 spiro atoms. The lowest BCUT2D eigenvalue weighted by Gasteiger charge is -2.10. The summed E-state index contributed by atoms with van der Waals surface area (Å²) >= 11 is 0. The summed E-state index contributed by atoms with van der Waals surface area (Å²) in [6, 6.07) is 11.3. The van der Waals surface area contributed by atoms with Gasteiger partial charge in [0.05, 0.1) is 28.7 Å². The zero-order valence-corrected chi connectivity index (χ0v) is 15.1. The minimum Gasteiger partial charge on any atom is -0.292 e. The van der Waals surface area contributed by atoms with Gasteiger partial charge in [0.15, 0.2) is 5.78 Å². The standard InChI is InChI=1S/C20H19N3O4/c1-3-13(2)14-4-6-15(7-5-14)19(24)11-22-12-21-18-9-8-16(23(26)27)10-17(18)20(22)25/h4-10,12-13H,3,11H2,1-2H3/t13-/m1/s1. The number of Topliss-reactive ketones (excluding diaryl/α,β-unsaturated/α-hetero) is 1. The van der Waals surface area contributed by atoms with E-state index in [1.807, 2.05) is 12.1 Å². The number of aromatic nitrogens is 2. The zero-order chi connectivity index (χ0) is 19.6. The van der Waals surface area contributed by atoms with Gasteiger partial charge in [-0.3, -0.25) is 24.3 Å². The number of carbonyl (C=O) groups is 1. The smallest absolute Gasteiger partial charge is 0.270 e. The summed E-state index contributed by atoms with van der Waals surface area (Å²) in [5.41, 5.74) is 1.35. The molecular formula is C20H19N3O4. The predicted molar refractivity (Wildman–Crippen MR) is 102 cm³/mol. The van der Waals surface area contributed by atoms with Crippen LogP contribution in [0.3, 0.4) is 0 Å². The quantitative estimate of drug-likeness (QED) is 0.377. The number of carbonyl (C=O) groups excluding carboxylic acids is 1. The molecule has 1 heterocycles. The molecule has 0 aliphatic carbocycles. The molecule has 0 aliphatic rings. The summed E-state index contributed by atoms with van der Waals surface area (Å²) in [4.78, 5) is 39.6. The van der Waals surface area contributed by atoms with Crippen LogP contribution < -0.4 is 5.56 Å². The van der Waals surface area contributed by atoms with E-state index in [-0.39, 0.29) is 23.4 Å². The molecule has 27 heavy (non-hydrogen) atoms. The summed E-state index contributed by atoms with van der Waals surface area (Å²) in [6.07, 6.45) is 2.31. The van der Waals surface area contributed by atoms with Gasteiger partial charge in [-0.1, -0.05) is 38.1 Å². The number of hydrogen-bond acceptors (Lipinski definition) is 5. The topological polar surface area (TPSA) is 95.1 Å². The molecule has 0 unspecified atom stereocenters. The maximum Gasteiger partial charge on any atom is 0.270 e. The second-order valence-corrected chi connectivity index (χ2v) is 6.49. The fourth-order valence-corrected chi connectivity index (χ4v) is 2.85. The van der Waals surface area contributed by atoms with Gasteiger partial charge in [-0.15, -0.1) is 0 Å². The summed E-state index contributed by atoms with van der Waals surface area (Å²) in [6.45, 7) is 4.05. The van der Waals surface area contributed by atoms with Crippen molar-refractivity contribution in [3.8, 4) is 0 Å². The lowest BCUT2D eigenvalue weighted by molar-refractivity contribution is -0.384. The van der Waals surface area contributed by atoms with Gasteiger partial charge < -0.3 is 0 Å². The third-order valence-electron chi connectivity index (χ3n) is 4.75. The number of rotatable bonds is 6. The van der Waals surface area contributed by atoms with Crippen molar-refractivity contribution in [2.45, 2.75) is 32.7 Å². The van der Waals surface area contributed by atoms with Gasteiger partial charge in [0.25, 0.3) is 11.2 Å². The van der Waals surface area contributed by atoms with E-state index in [0.29, 0.717) is 17.0 Å². The maximum atomic E-state index is 12.6. The Labute approximate surface area is 155 Å². The summed E-state index contributed by atoms with van der Waals surface area (Å²) in [5.74, 6) is 0.191. The van der Waals surface area contributed by atoms with Crippen LogP contribution in [0.2, 0.25) is 0 Å². The van der Waals surface area contributed by atoms with Crippen molar-refractivity contribution < 1.29 is 9.72 Å². The third kappa shape index (κ3) is 3.76. The number of non-ortho nitro benzene ring substituents is 1. The molecule has 7 heteroatoms. The number of benzene rings is 2. The van der Waals surface area contributed by atoms with Crippen LogP contribution in [0.4, 0.5) is 5.69 Å². The van der Waals surface area contributed by atoms with E-state index in [4.69, 9.17) is 0 Å². The Kier molecular flexibility index (Phi) is 5.12. The van der Waals surface area contributed by atoms with Crippen LogP contribution in [-0.2, 0) is 6.54 Å². The molecule has 0 aliphatic heterocycles. The molecule has 0 saturated heterocycles. The Hall–Kier alpha value is -3.35. The van der Waals surface area contributed by atoms with Crippen LogP contribution in [0.1, 0.15) is 42.1 Å². The largest absolute Gasteiger partial charge is 0.292 e. The number of hydrogen-bond donors (Lipinski definition) is 0.